The van der Waals surface area contributed by atoms with Crippen molar-refractivity contribution >= 4 is 17.5 Å². The zero-order valence-electron chi connectivity index (χ0n) is 5.94. The molecular formula is C6H8N2O2S. The van der Waals surface area contributed by atoms with Gasteiger partial charge < -0.3 is 10.8 Å². The normalized spacial score (nSPS) is 12.9. The van der Waals surface area contributed by atoms with Gasteiger partial charge in [-0.05, 0) is 18.5 Å². The minimum Gasteiger partial charge on any atom is -0.480 e. The molecule has 0 spiro atoms. The lowest BCUT2D eigenvalue weighted by atomic mass is 10.1. The van der Waals surface area contributed by atoms with Crippen LogP contribution in [0.5, 0.6) is 0 Å². The fourth-order valence-electron chi connectivity index (χ4n) is 0.732. The predicted octanol–water partition coefficient (Wildman–Crippen LogP) is 0.536. The highest BCUT2D eigenvalue weighted by atomic mass is 32.1. The Hall–Kier alpha value is -0.940. The Labute approximate surface area is 67.8 Å². The molecule has 5 heteroatoms. The fraction of sp³-hybridized carbons (Fsp3) is 0.333. The van der Waals surface area contributed by atoms with Gasteiger partial charge in [-0.15, -0.1) is 0 Å². The lowest BCUT2D eigenvalue weighted by Gasteiger charge is -2.02. The maximum Gasteiger partial charge on any atom is 0.325 e. The number of carboxylic acid groups (broad SMARTS) is 1. The summed E-state index contributed by atoms with van der Waals surface area (Å²) in [6.45, 7) is 1.74. The number of hydrogen-bond donors (Lipinski definition) is 2. The maximum atomic E-state index is 10.4. The molecule has 0 fully saturated rings. The molecular weight excluding hydrogens is 164 g/mol. The van der Waals surface area contributed by atoms with Crippen LogP contribution in [0.2, 0.25) is 0 Å². The molecule has 0 bridgehead atoms. The number of rotatable bonds is 2. The van der Waals surface area contributed by atoms with Crippen LogP contribution in [0.25, 0.3) is 0 Å². The first-order valence-corrected chi connectivity index (χ1v) is 3.86. The summed E-state index contributed by atoms with van der Waals surface area (Å²) in [5.41, 5.74) is 6.65. The van der Waals surface area contributed by atoms with E-state index in [4.69, 9.17) is 10.8 Å². The molecule has 0 aliphatic rings. The molecule has 0 saturated carbocycles. The molecule has 0 aliphatic carbocycles. The molecule has 1 heterocycles. The van der Waals surface area contributed by atoms with Crippen molar-refractivity contribution in [1.82, 2.24) is 4.37 Å². The van der Waals surface area contributed by atoms with Crippen molar-refractivity contribution in [3.05, 3.63) is 16.6 Å². The highest BCUT2D eigenvalue weighted by Crippen LogP contribution is 2.16. The first-order valence-electron chi connectivity index (χ1n) is 3.02. The lowest BCUT2D eigenvalue weighted by Crippen LogP contribution is -2.20. The van der Waals surface area contributed by atoms with Crippen molar-refractivity contribution in [2.24, 2.45) is 5.73 Å². The molecule has 1 atom stereocenters. The number of nitrogens with two attached hydrogens (primary N) is 1. The van der Waals surface area contributed by atoms with E-state index >= 15 is 0 Å². The van der Waals surface area contributed by atoms with Crippen LogP contribution >= 0.6 is 11.5 Å². The average Bonchev–Trinajstić information content (AvgIpc) is 2.33. The number of carboxylic acids is 1. The second-order valence-corrected chi connectivity index (χ2v) is 2.80. The molecule has 1 unspecified atom stereocenters. The summed E-state index contributed by atoms with van der Waals surface area (Å²) in [5.74, 6) is -1.02. The molecule has 4 nitrogen and oxygen atoms in total. The number of nitrogens with zero attached hydrogens (tertiary/aromatic N) is 1. The van der Waals surface area contributed by atoms with Crippen molar-refractivity contribution in [3.8, 4) is 0 Å². The van der Waals surface area contributed by atoms with E-state index < -0.39 is 12.0 Å². The topological polar surface area (TPSA) is 76.2 Å². The molecule has 1 aromatic rings. The molecule has 60 valence electrons. The van der Waals surface area contributed by atoms with Crippen LogP contribution in [-0.4, -0.2) is 15.4 Å². The molecule has 0 saturated heterocycles. The second-order valence-electron chi connectivity index (χ2n) is 2.17. The molecule has 0 radical (unpaired) electrons. The Balaban J connectivity index is 2.92. The standard InChI is InChI=1S/C6H8N2O2S/c1-3-4(2-11-8-3)5(7)6(9)10/h2,5H,7H2,1H3,(H,9,10). The first kappa shape index (κ1) is 8.16. The van der Waals surface area contributed by atoms with Gasteiger partial charge in [-0.25, -0.2) is 0 Å². The summed E-state index contributed by atoms with van der Waals surface area (Å²) in [5, 5.41) is 10.2. The van der Waals surface area contributed by atoms with Crippen LogP contribution < -0.4 is 5.73 Å². The Morgan fingerprint density at radius 3 is 2.91 bits per heavy atom. The van der Waals surface area contributed by atoms with Crippen LogP contribution in [-0.2, 0) is 4.79 Å². The molecule has 0 amide bonds. The van der Waals surface area contributed by atoms with Gasteiger partial charge in [0.2, 0.25) is 0 Å². The van der Waals surface area contributed by atoms with Gasteiger partial charge >= 0.3 is 5.97 Å². The molecule has 3 N–H and O–H groups in total. The summed E-state index contributed by atoms with van der Waals surface area (Å²) in [4.78, 5) is 10.4. The smallest absolute Gasteiger partial charge is 0.325 e. The van der Waals surface area contributed by atoms with Crippen LogP contribution in [0.15, 0.2) is 5.38 Å². The number of aliphatic carboxylic acids is 1. The third-order valence-corrected chi connectivity index (χ3v) is 2.13. The lowest BCUT2D eigenvalue weighted by molar-refractivity contribution is -0.138. The van der Waals surface area contributed by atoms with Crippen molar-refractivity contribution in [3.63, 3.8) is 0 Å². The van der Waals surface area contributed by atoms with Crippen molar-refractivity contribution < 1.29 is 9.90 Å². The van der Waals surface area contributed by atoms with Gasteiger partial charge in [0.25, 0.3) is 0 Å². The monoisotopic (exact) mass is 172 g/mol. The second kappa shape index (κ2) is 2.98. The largest absolute Gasteiger partial charge is 0.480 e. The molecule has 0 aromatic carbocycles. The Morgan fingerprint density at radius 1 is 1.91 bits per heavy atom. The van der Waals surface area contributed by atoms with Crippen LogP contribution in [0, 0.1) is 6.92 Å². The van der Waals surface area contributed by atoms with Gasteiger partial charge in [0.15, 0.2) is 0 Å². The Bertz CT molecular complexity index is 271. The summed E-state index contributed by atoms with van der Waals surface area (Å²) in [7, 11) is 0. The zero-order chi connectivity index (χ0) is 8.43. The highest BCUT2D eigenvalue weighted by molar-refractivity contribution is 7.03. The van der Waals surface area contributed by atoms with E-state index in [0.717, 1.165) is 0 Å². The number of carbonyl (C=O) groups is 1. The van der Waals surface area contributed by atoms with Gasteiger partial charge in [-0.3, -0.25) is 4.79 Å². The van der Waals surface area contributed by atoms with E-state index in [1.54, 1.807) is 12.3 Å². The van der Waals surface area contributed by atoms with Gasteiger partial charge in [0.05, 0.1) is 5.69 Å². The summed E-state index contributed by atoms with van der Waals surface area (Å²) < 4.78 is 3.92. The van der Waals surface area contributed by atoms with E-state index in [-0.39, 0.29) is 0 Å². The molecule has 0 aliphatic heterocycles. The van der Waals surface area contributed by atoms with E-state index in [2.05, 4.69) is 4.37 Å². The molecule has 11 heavy (non-hydrogen) atoms. The predicted molar refractivity (Wildman–Crippen MR) is 41.4 cm³/mol. The molecule has 1 aromatic heterocycles. The minimum absolute atomic E-state index is 0.600. The summed E-state index contributed by atoms with van der Waals surface area (Å²) >= 11 is 1.22. The van der Waals surface area contributed by atoms with Gasteiger partial charge in [0, 0.05) is 10.9 Å². The highest BCUT2D eigenvalue weighted by Gasteiger charge is 2.17. The summed E-state index contributed by atoms with van der Waals surface area (Å²) in [6, 6.07) is -0.936. The fourth-order valence-corrected chi connectivity index (χ4v) is 1.48. The van der Waals surface area contributed by atoms with Crippen molar-refractivity contribution in [2.75, 3.05) is 0 Å². The number of aromatic nitrogens is 1. The SMILES string of the molecule is Cc1nscc1C(N)C(=O)O. The van der Waals surface area contributed by atoms with Gasteiger partial charge in [-0.2, -0.15) is 4.37 Å². The van der Waals surface area contributed by atoms with E-state index in [0.29, 0.717) is 11.3 Å². The van der Waals surface area contributed by atoms with E-state index in [1.165, 1.54) is 11.5 Å². The first-order chi connectivity index (χ1) is 5.13. The quantitative estimate of drug-likeness (QED) is 0.682. The summed E-state index contributed by atoms with van der Waals surface area (Å²) in [6.07, 6.45) is 0. The maximum absolute atomic E-state index is 10.4. The Morgan fingerprint density at radius 2 is 2.55 bits per heavy atom. The van der Waals surface area contributed by atoms with Crippen LogP contribution in [0.3, 0.4) is 0 Å². The molecule has 1 rings (SSSR count). The van der Waals surface area contributed by atoms with Crippen LogP contribution in [0.4, 0.5) is 0 Å². The third-order valence-electron chi connectivity index (χ3n) is 1.39. The number of aryl methyl sites for hydroxylation is 1. The van der Waals surface area contributed by atoms with E-state index in [9.17, 15) is 4.79 Å². The zero-order valence-corrected chi connectivity index (χ0v) is 6.76. The van der Waals surface area contributed by atoms with Crippen molar-refractivity contribution in [2.45, 2.75) is 13.0 Å². The Kier molecular flexibility index (Phi) is 2.21. The van der Waals surface area contributed by atoms with E-state index in [1.807, 2.05) is 0 Å². The van der Waals surface area contributed by atoms with Gasteiger partial charge in [-0.1, -0.05) is 0 Å². The van der Waals surface area contributed by atoms with Gasteiger partial charge in [0.1, 0.15) is 6.04 Å². The number of hydrogen-bond acceptors (Lipinski definition) is 4. The minimum atomic E-state index is -1.02. The van der Waals surface area contributed by atoms with Crippen LogP contribution in [0.1, 0.15) is 17.3 Å². The third kappa shape index (κ3) is 1.55. The average molecular weight is 172 g/mol. The van der Waals surface area contributed by atoms with Crippen molar-refractivity contribution in [1.29, 1.82) is 0 Å².